The first-order valence-corrected chi connectivity index (χ1v) is 15.1. The summed E-state index contributed by atoms with van der Waals surface area (Å²) in [6.07, 6.45) is 31.2. The third-order valence-electron chi connectivity index (χ3n) is 6.94. The highest BCUT2D eigenvalue weighted by atomic mass is 127. The van der Waals surface area contributed by atoms with Crippen molar-refractivity contribution in [3.8, 4) is 6.07 Å². The number of halogens is 2. The number of nitriles is 1. The summed E-state index contributed by atoms with van der Waals surface area (Å²) in [4.78, 5) is 10.9. The molecule has 5 atom stereocenters. The SMILES string of the molecule is CC(C)(/C=C/C=C/C=C/C=C(\C#N)C(I)C(C)(C)C1C=CC=CC1NCCC(=O)O)C1C=CC=CC1I. The molecule has 2 aliphatic rings. The average molecular weight is 724 g/mol. The van der Waals surface area contributed by atoms with Gasteiger partial charge in [0.25, 0.3) is 0 Å². The van der Waals surface area contributed by atoms with Gasteiger partial charge in [0.2, 0.25) is 0 Å². The third-order valence-corrected chi connectivity index (χ3v) is 10.4. The summed E-state index contributed by atoms with van der Waals surface area (Å²) >= 11 is 4.87. The summed E-state index contributed by atoms with van der Waals surface area (Å²) in [5.74, 6) is -0.225. The van der Waals surface area contributed by atoms with E-state index < -0.39 is 5.97 Å². The predicted octanol–water partition coefficient (Wildman–Crippen LogP) is 7.68. The molecule has 0 aromatic carbocycles. The lowest BCUT2D eigenvalue weighted by Crippen LogP contribution is -2.46. The molecule has 0 aliphatic heterocycles. The van der Waals surface area contributed by atoms with E-state index in [2.05, 4.69) is 133 Å². The molecule has 0 aromatic rings. The van der Waals surface area contributed by atoms with Crippen LogP contribution in [0, 0.1) is 34.0 Å². The lowest BCUT2D eigenvalue weighted by molar-refractivity contribution is -0.136. The highest BCUT2D eigenvalue weighted by molar-refractivity contribution is 14.1. The molecule has 0 bridgehead atoms. The van der Waals surface area contributed by atoms with Crippen LogP contribution in [0.25, 0.3) is 0 Å². The van der Waals surface area contributed by atoms with Gasteiger partial charge < -0.3 is 10.4 Å². The Morgan fingerprint density at radius 3 is 2.24 bits per heavy atom. The van der Waals surface area contributed by atoms with Crippen molar-refractivity contribution in [2.45, 2.75) is 48.0 Å². The Balaban J connectivity index is 2.02. The molecule has 0 spiro atoms. The maximum absolute atomic E-state index is 10.9. The number of carboxylic acids is 1. The van der Waals surface area contributed by atoms with E-state index in [4.69, 9.17) is 5.11 Å². The normalized spacial score (nSPS) is 25.4. The Labute approximate surface area is 250 Å². The van der Waals surface area contributed by atoms with Crippen molar-refractivity contribution >= 4 is 51.2 Å². The van der Waals surface area contributed by atoms with Gasteiger partial charge in [-0.15, -0.1) is 0 Å². The minimum absolute atomic E-state index is 0.0202. The van der Waals surface area contributed by atoms with E-state index in [1.54, 1.807) is 0 Å². The number of hydrogen-bond acceptors (Lipinski definition) is 3. The van der Waals surface area contributed by atoms with E-state index in [9.17, 15) is 10.1 Å². The highest BCUT2D eigenvalue weighted by Crippen LogP contribution is 2.43. The average Bonchev–Trinajstić information content (AvgIpc) is 2.85. The zero-order chi connectivity index (χ0) is 27.5. The molecule has 6 heteroatoms. The van der Waals surface area contributed by atoms with E-state index >= 15 is 0 Å². The summed E-state index contributed by atoms with van der Waals surface area (Å²) in [5, 5.41) is 22.2. The highest BCUT2D eigenvalue weighted by Gasteiger charge is 2.40. The molecule has 4 nitrogen and oxygen atoms in total. The zero-order valence-electron chi connectivity index (χ0n) is 22.0. The van der Waals surface area contributed by atoms with Crippen molar-refractivity contribution in [3.63, 3.8) is 0 Å². The van der Waals surface area contributed by atoms with Gasteiger partial charge in [-0.1, -0.05) is 158 Å². The Morgan fingerprint density at radius 1 is 1.00 bits per heavy atom. The van der Waals surface area contributed by atoms with Crippen LogP contribution < -0.4 is 5.32 Å². The van der Waals surface area contributed by atoms with Crippen LogP contribution in [0.5, 0.6) is 0 Å². The Bertz CT molecular complexity index is 1070. The maximum Gasteiger partial charge on any atom is 0.304 e. The molecule has 37 heavy (non-hydrogen) atoms. The third kappa shape index (κ3) is 9.52. The minimum atomic E-state index is -0.812. The van der Waals surface area contributed by atoms with E-state index in [0.717, 1.165) is 0 Å². The van der Waals surface area contributed by atoms with Crippen molar-refractivity contribution in [1.82, 2.24) is 5.32 Å². The molecule has 0 radical (unpaired) electrons. The van der Waals surface area contributed by atoms with E-state index in [1.165, 1.54) is 0 Å². The van der Waals surface area contributed by atoms with Crippen LogP contribution in [-0.2, 0) is 4.79 Å². The monoisotopic (exact) mass is 724 g/mol. The molecule has 2 rings (SSSR count). The smallest absolute Gasteiger partial charge is 0.304 e. The van der Waals surface area contributed by atoms with Gasteiger partial charge >= 0.3 is 5.97 Å². The van der Waals surface area contributed by atoms with Crippen molar-refractivity contribution in [2.75, 3.05) is 6.54 Å². The fraction of sp³-hybridized carbons (Fsp3) is 0.419. The minimum Gasteiger partial charge on any atom is -0.481 e. The fourth-order valence-corrected chi connectivity index (χ4v) is 6.78. The lowest BCUT2D eigenvalue weighted by Gasteiger charge is -2.41. The van der Waals surface area contributed by atoms with Gasteiger partial charge in [-0.05, 0) is 16.9 Å². The number of nitrogens with one attached hydrogen (secondary N) is 1. The first-order valence-electron chi connectivity index (χ1n) is 12.6. The van der Waals surface area contributed by atoms with Gasteiger partial charge in [0, 0.05) is 33.9 Å². The molecule has 5 unspecified atom stereocenters. The fourth-order valence-electron chi connectivity index (χ4n) is 4.61. The van der Waals surface area contributed by atoms with Gasteiger partial charge in [0.1, 0.15) is 0 Å². The molecule has 2 N–H and O–H groups in total. The molecule has 0 heterocycles. The number of rotatable bonds is 12. The standard InChI is InChI=1S/C31H38I2N2O2/c1-30(2,24-15-9-11-17-26(24)32)20-13-7-5-6-8-14-23(22-34)29(33)31(3,4)25-16-10-12-18-27(25)35-21-19-28(36)37/h5-18,20,24-27,29,35H,19,21H2,1-4H3,(H,36,37)/b7-5+,8-6+,20-13+,23-14+. The number of nitrogens with zero attached hydrogens (tertiary/aromatic N) is 1. The van der Waals surface area contributed by atoms with E-state index in [-0.39, 0.29) is 33.1 Å². The van der Waals surface area contributed by atoms with Crippen molar-refractivity contribution in [3.05, 3.63) is 96.7 Å². The second-order valence-electron chi connectivity index (χ2n) is 10.5. The van der Waals surface area contributed by atoms with Crippen LogP contribution in [0.2, 0.25) is 0 Å². The molecular formula is C31H38I2N2O2. The van der Waals surface area contributed by atoms with Crippen LogP contribution in [0.15, 0.2) is 96.7 Å². The second kappa shape index (κ2) is 15.0. The van der Waals surface area contributed by atoms with E-state index in [0.29, 0.717) is 22.0 Å². The predicted molar refractivity (Wildman–Crippen MR) is 172 cm³/mol. The largest absolute Gasteiger partial charge is 0.481 e. The van der Waals surface area contributed by atoms with Crippen LogP contribution in [0.1, 0.15) is 34.1 Å². The Hall–Kier alpha value is -1.70. The van der Waals surface area contributed by atoms with Crippen LogP contribution >= 0.6 is 45.2 Å². The maximum atomic E-state index is 10.9. The molecule has 2 aliphatic carbocycles. The molecule has 198 valence electrons. The van der Waals surface area contributed by atoms with Crippen molar-refractivity contribution < 1.29 is 9.90 Å². The van der Waals surface area contributed by atoms with Crippen LogP contribution in [0.3, 0.4) is 0 Å². The summed E-state index contributed by atoms with van der Waals surface area (Å²) < 4.78 is 0.468. The number of aliphatic carboxylic acids is 1. The Kier molecular flexibility index (Phi) is 12.8. The molecular weight excluding hydrogens is 686 g/mol. The summed E-state index contributed by atoms with van der Waals surface area (Å²) in [6, 6.07) is 2.42. The summed E-state index contributed by atoms with van der Waals surface area (Å²) in [5.41, 5.74) is 0.532. The van der Waals surface area contributed by atoms with Crippen LogP contribution in [0.4, 0.5) is 0 Å². The number of carbonyl (C=O) groups is 1. The number of hydrogen-bond donors (Lipinski definition) is 2. The summed E-state index contributed by atoms with van der Waals surface area (Å²) in [7, 11) is 0. The molecule has 0 aromatic heterocycles. The van der Waals surface area contributed by atoms with Gasteiger partial charge in [-0.2, -0.15) is 5.26 Å². The molecule has 0 fully saturated rings. The number of carboxylic acid groups (broad SMARTS) is 1. The van der Waals surface area contributed by atoms with E-state index in [1.807, 2.05) is 42.5 Å². The quantitative estimate of drug-likeness (QED) is 0.0938. The van der Waals surface area contributed by atoms with Gasteiger partial charge in [-0.25, -0.2) is 0 Å². The first kappa shape index (κ1) is 31.5. The zero-order valence-corrected chi connectivity index (χ0v) is 26.3. The van der Waals surface area contributed by atoms with Gasteiger partial charge in [0.15, 0.2) is 0 Å². The molecule has 0 amide bonds. The van der Waals surface area contributed by atoms with Crippen molar-refractivity contribution in [1.29, 1.82) is 5.26 Å². The van der Waals surface area contributed by atoms with Crippen molar-refractivity contribution in [2.24, 2.45) is 22.7 Å². The lowest BCUT2D eigenvalue weighted by atomic mass is 9.69. The Morgan fingerprint density at radius 2 is 1.59 bits per heavy atom. The topological polar surface area (TPSA) is 73.1 Å². The number of alkyl halides is 2. The van der Waals surface area contributed by atoms with Gasteiger partial charge in [0.05, 0.1) is 16.4 Å². The first-order chi connectivity index (χ1) is 17.5. The number of allylic oxidation sites excluding steroid dienone is 14. The molecule has 0 saturated carbocycles. The second-order valence-corrected chi connectivity index (χ2v) is 13.2. The summed E-state index contributed by atoms with van der Waals surface area (Å²) in [6.45, 7) is 9.28. The molecule has 0 saturated heterocycles. The van der Waals surface area contributed by atoms with Crippen LogP contribution in [-0.4, -0.2) is 31.5 Å². The van der Waals surface area contributed by atoms with Gasteiger partial charge in [-0.3, -0.25) is 4.79 Å².